The highest BCUT2D eigenvalue weighted by Crippen LogP contribution is 2.19. The average molecular weight is 216 g/mol. The quantitative estimate of drug-likeness (QED) is 0.729. The fourth-order valence-corrected chi connectivity index (χ4v) is 3.15. The first kappa shape index (κ1) is 12.3. The van der Waals surface area contributed by atoms with E-state index < -0.39 is 0 Å². The Morgan fingerprint density at radius 2 is 2.00 bits per heavy atom. The summed E-state index contributed by atoms with van der Waals surface area (Å²) < 4.78 is 0. The van der Waals surface area contributed by atoms with Crippen LogP contribution >= 0.6 is 11.8 Å². The molecule has 1 N–H and O–H groups in total. The van der Waals surface area contributed by atoms with Crippen molar-refractivity contribution in [2.45, 2.75) is 31.4 Å². The van der Waals surface area contributed by atoms with Crippen molar-refractivity contribution in [2.24, 2.45) is 0 Å². The van der Waals surface area contributed by atoms with Crippen LogP contribution in [0.15, 0.2) is 0 Å². The number of nitrogens with zero attached hydrogens (tertiary/aromatic N) is 1. The Morgan fingerprint density at radius 3 is 2.64 bits per heavy atom. The molecule has 0 aromatic rings. The lowest BCUT2D eigenvalue weighted by Crippen LogP contribution is -2.30. The van der Waals surface area contributed by atoms with E-state index >= 15 is 0 Å². The molecule has 0 aromatic carbocycles. The van der Waals surface area contributed by atoms with Crippen LogP contribution in [0.4, 0.5) is 0 Å². The smallest absolute Gasteiger partial charge is 0.00716 e. The molecule has 2 nitrogen and oxygen atoms in total. The molecular weight excluding hydrogens is 192 g/mol. The average Bonchev–Trinajstić information content (AvgIpc) is 2.20. The summed E-state index contributed by atoms with van der Waals surface area (Å²) in [6.07, 6.45) is 4.00. The molecule has 0 spiro atoms. The summed E-state index contributed by atoms with van der Waals surface area (Å²) in [7, 11) is 2.23. The lowest BCUT2D eigenvalue weighted by molar-refractivity contribution is 0.356. The third-order valence-electron chi connectivity index (χ3n) is 2.72. The summed E-state index contributed by atoms with van der Waals surface area (Å²) in [5.74, 6) is 1.31. The largest absolute Gasteiger partial charge is 0.317 e. The topological polar surface area (TPSA) is 15.3 Å². The molecule has 3 heteroatoms. The lowest BCUT2D eigenvalue weighted by Gasteiger charge is -2.23. The maximum Gasteiger partial charge on any atom is 0.00716 e. The number of rotatable bonds is 6. The monoisotopic (exact) mass is 216 g/mol. The molecule has 1 saturated heterocycles. The van der Waals surface area contributed by atoms with E-state index in [1.807, 2.05) is 0 Å². The predicted molar refractivity (Wildman–Crippen MR) is 66.1 cm³/mol. The second-order valence-corrected chi connectivity index (χ2v) is 5.53. The van der Waals surface area contributed by atoms with Gasteiger partial charge in [0.25, 0.3) is 0 Å². The van der Waals surface area contributed by atoms with E-state index in [0.29, 0.717) is 0 Å². The van der Waals surface area contributed by atoms with Gasteiger partial charge in [0.2, 0.25) is 0 Å². The molecule has 0 saturated carbocycles. The van der Waals surface area contributed by atoms with E-state index in [-0.39, 0.29) is 0 Å². The zero-order valence-electron chi connectivity index (χ0n) is 9.59. The van der Waals surface area contributed by atoms with E-state index in [9.17, 15) is 0 Å². The molecule has 0 bridgehead atoms. The molecule has 14 heavy (non-hydrogen) atoms. The van der Waals surface area contributed by atoms with Gasteiger partial charge in [-0.2, -0.15) is 11.8 Å². The Kier molecular flexibility index (Phi) is 6.65. The highest BCUT2D eigenvalue weighted by Gasteiger charge is 2.12. The maximum absolute atomic E-state index is 3.41. The van der Waals surface area contributed by atoms with Gasteiger partial charge in [-0.25, -0.2) is 0 Å². The molecule has 1 aliphatic heterocycles. The van der Waals surface area contributed by atoms with Gasteiger partial charge in [0.1, 0.15) is 0 Å². The molecule has 0 aliphatic carbocycles. The summed E-state index contributed by atoms with van der Waals surface area (Å²) in [4.78, 5) is 2.44. The normalized spacial score (nSPS) is 19.1. The number of hydrogen-bond donors (Lipinski definition) is 1. The van der Waals surface area contributed by atoms with Crippen molar-refractivity contribution >= 4 is 11.8 Å². The zero-order valence-corrected chi connectivity index (χ0v) is 10.4. The minimum atomic E-state index is 0.922. The SMILES string of the molecule is CCCN(C)CCSC1CCNCC1. The minimum Gasteiger partial charge on any atom is -0.317 e. The van der Waals surface area contributed by atoms with E-state index in [1.165, 1.54) is 51.2 Å². The fourth-order valence-electron chi connectivity index (χ4n) is 1.83. The summed E-state index contributed by atoms with van der Waals surface area (Å²) >= 11 is 2.17. The second kappa shape index (κ2) is 7.55. The van der Waals surface area contributed by atoms with Crippen molar-refractivity contribution in [3.63, 3.8) is 0 Å². The maximum atomic E-state index is 3.41. The van der Waals surface area contributed by atoms with Crippen LogP contribution in [0.3, 0.4) is 0 Å². The van der Waals surface area contributed by atoms with Crippen molar-refractivity contribution in [1.29, 1.82) is 0 Å². The Hall–Kier alpha value is 0.270. The zero-order chi connectivity index (χ0) is 10.2. The first-order valence-corrected chi connectivity index (χ1v) is 6.88. The van der Waals surface area contributed by atoms with E-state index in [0.717, 1.165) is 5.25 Å². The number of thioether (sulfide) groups is 1. The minimum absolute atomic E-state index is 0.922. The van der Waals surface area contributed by atoms with Crippen LogP contribution in [-0.2, 0) is 0 Å². The van der Waals surface area contributed by atoms with Crippen molar-refractivity contribution in [3.8, 4) is 0 Å². The number of nitrogens with one attached hydrogen (secondary N) is 1. The van der Waals surface area contributed by atoms with E-state index in [1.54, 1.807) is 0 Å². The number of piperidine rings is 1. The molecule has 1 rings (SSSR count). The third-order valence-corrected chi connectivity index (χ3v) is 4.08. The van der Waals surface area contributed by atoms with Crippen molar-refractivity contribution in [1.82, 2.24) is 10.2 Å². The van der Waals surface area contributed by atoms with Crippen molar-refractivity contribution < 1.29 is 0 Å². The van der Waals surface area contributed by atoms with Gasteiger partial charge >= 0.3 is 0 Å². The van der Waals surface area contributed by atoms with Crippen LogP contribution in [-0.4, -0.2) is 49.1 Å². The molecule has 84 valence electrons. The Labute approximate surface area is 92.8 Å². The van der Waals surface area contributed by atoms with Gasteiger partial charge in [0, 0.05) is 17.5 Å². The van der Waals surface area contributed by atoms with E-state index in [4.69, 9.17) is 0 Å². The van der Waals surface area contributed by atoms with Gasteiger partial charge < -0.3 is 10.2 Å². The van der Waals surface area contributed by atoms with Gasteiger partial charge in [0.15, 0.2) is 0 Å². The van der Waals surface area contributed by atoms with E-state index in [2.05, 4.69) is 35.9 Å². The summed E-state index contributed by atoms with van der Waals surface area (Å²) in [6.45, 7) is 7.19. The van der Waals surface area contributed by atoms with Crippen molar-refractivity contribution in [3.05, 3.63) is 0 Å². The Morgan fingerprint density at radius 1 is 1.29 bits per heavy atom. The van der Waals surface area contributed by atoms with Crippen LogP contribution in [0.5, 0.6) is 0 Å². The van der Waals surface area contributed by atoms with Gasteiger partial charge in [-0.1, -0.05) is 6.92 Å². The summed E-state index contributed by atoms with van der Waals surface area (Å²) in [5, 5.41) is 4.33. The van der Waals surface area contributed by atoms with Crippen LogP contribution < -0.4 is 5.32 Å². The molecule has 0 atom stereocenters. The fraction of sp³-hybridized carbons (Fsp3) is 1.00. The molecular formula is C11H24N2S. The van der Waals surface area contributed by atoms with Gasteiger partial charge in [-0.05, 0) is 45.9 Å². The first-order chi connectivity index (χ1) is 6.83. The van der Waals surface area contributed by atoms with Crippen LogP contribution in [0, 0.1) is 0 Å². The molecule has 0 unspecified atom stereocenters. The molecule has 1 fully saturated rings. The lowest BCUT2D eigenvalue weighted by atomic mass is 10.2. The second-order valence-electron chi connectivity index (χ2n) is 4.12. The molecule has 1 heterocycles. The molecule has 0 radical (unpaired) electrons. The van der Waals surface area contributed by atoms with Crippen LogP contribution in [0.25, 0.3) is 0 Å². The Bertz CT molecular complexity index is 135. The standard InChI is InChI=1S/C11H24N2S/c1-3-8-13(2)9-10-14-11-4-6-12-7-5-11/h11-12H,3-10H2,1-2H3. The molecule has 0 amide bonds. The highest BCUT2D eigenvalue weighted by molar-refractivity contribution is 7.99. The van der Waals surface area contributed by atoms with Crippen LogP contribution in [0.2, 0.25) is 0 Å². The summed E-state index contributed by atoms with van der Waals surface area (Å²) in [5.41, 5.74) is 0. The van der Waals surface area contributed by atoms with Crippen LogP contribution in [0.1, 0.15) is 26.2 Å². The molecule has 1 aliphatic rings. The predicted octanol–water partition coefficient (Wildman–Crippen LogP) is 1.81. The molecule has 0 aromatic heterocycles. The van der Waals surface area contributed by atoms with Gasteiger partial charge in [-0.3, -0.25) is 0 Å². The number of hydrogen-bond acceptors (Lipinski definition) is 3. The first-order valence-electron chi connectivity index (χ1n) is 5.83. The Balaban J connectivity index is 1.96. The third kappa shape index (κ3) is 5.23. The van der Waals surface area contributed by atoms with Gasteiger partial charge in [-0.15, -0.1) is 0 Å². The van der Waals surface area contributed by atoms with Gasteiger partial charge in [0.05, 0.1) is 0 Å². The highest BCUT2D eigenvalue weighted by atomic mass is 32.2. The van der Waals surface area contributed by atoms with Crippen molar-refractivity contribution in [2.75, 3.05) is 39.0 Å². The summed E-state index contributed by atoms with van der Waals surface area (Å²) in [6, 6.07) is 0.